The standard InChI is InChI=1S/C64H49N/c1-64(2)62-27-17-7-16-26-58(62)59-41-38-55(44-63(59)64)65(53-36-39-56(49-22-12-5-13-23-49)60(42-53)51-32-28-47(29-33-51)45-18-8-3-9-19-45)54-37-40-57(50-24-14-6-15-25-50)61(43-54)52-34-30-48(31-35-52)46-20-10-4-11-21-46/h3-44,58H,1-2H3. The van der Waals surface area contributed by atoms with Crippen LogP contribution in [0.5, 0.6) is 0 Å². The minimum Gasteiger partial charge on any atom is -0.310 e. The molecule has 0 fully saturated rings. The second-order valence-electron chi connectivity index (χ2n) is 17.7. The largest absolute Gasteiger partial charge is 0.310 e. The van der Waals surface area contributed by atoms with Crippen molar-refractivity contribution in [3.8, 4) is 66.8 Å². The highest BCUT2D eigenvalue weighted by atomic mass is 15.1. The summed E-state index contributed by atoms with van der Waals surface area (Å²) in [6.07, 6.45) is 11.2. The number of rotatable bonds is 9. The third-order valence-electron chi connectivity index (χ3n) is 13.5. The first-order valence-corrected chi connectivity index (χ1v) is 22.7. The molecule has 0 N–H and O–H groups in total. The van der Waals surface area contributed by atoms with Crippen molar-refractivity contribution < 1.29 is 0 Å². The maximum atomic E-state index is 2.47. The van der Waals surface area contributed by atoms with E-state index in [0.29, 0.717) is 0 Å². The van der Waals surface area contributed by atoms with E-state index in [-0.39, 0.29) is 11.3 Å². The van der Waals surface area contributed by atoms with Crippen LogP contribution in [0.3, 0.4) is 0 Å². The summed E-state index contributed by atoms with van der Waals surface area (Å²) in [5.41, 5.74) is 21.7. The minimum absolute atomic E-state index is 0.146. The Labute approximate surface area is 383 Å². The highest BCUT2D eigenvalue weighted by molar-refractivity contribution is 5.93. The molecule has 0 saturated heterocycles. The summed E-state index contributed by atoms with van der Waals surface area (Å²) < 4.78 is 0. The Kier molecular flexibility index (Phi) is 10.4. The third kappa shape index (κ3) is 7.56. The second kappa shape index (κ2) is 16.9. The molecule has 11 rings (SSSR count). The number of allylic oxidation sites excluding steroid dienone is 6. The lowest BCUT2D eigenvalue weighted by atomic mass is 9.81. The third-order valence-corrected chi connectivity index (χ3v) is 13.5. The lowest BCUT2D eigenvalue weighted by Gasteiger charge is -2.30. The Morgan fingerprint density at radius 2 is 0.723 bits per heavy atom. The SMILES string of the molecule is CC1(C)C2=CC=CC=CC2c2ccc(N(c3ccc(-c4ccccc4)c(-c4ccc(-c5ccccc5)cc4)c3)c3ccc(-c4ccccc4)c(-c4ccc(-c5ccccc5)cc4)c3)cc21. The van der Waals surface area contributed by atoms with Crippen molar-refractivity contribution in [3.05, 3.63) is 272 Å². The van der Waals surface area contributed by atoms with Crippen molar-refractivity contribution in [1.29, 1.82) is 0 Å². The molecule has 0 saturated carbocycles. The van der Waals surface area contributed by atoms with Gasteiger partial charge in [-0.2, -0.15) is 0 Å². The summed E-state index contributed by atoms with van der Waals surface area (Å²) in [6, 6.07) is 82.2. The number of benzene rings is 9. The summed E-state index contributed by atoms with van der Waals surface area (Å²) in [6.45, 7) is 4.77. The van der Waals surface area contributed by atoms with Crippen molar-refractivity contribution in [2.45, 2.75) is 25.2 Å². The van der Waals surface area contributed by atoms with Gasteiger partial charge in [-0.1, -0.05) is 232 Å². The van der Waals surface area contributed by atoms with E-state index in [1.165, 1.54) is 83.5 Å². The van der Waals surface area contributed by atoms with Gasteiger partial charge >= 0.3 is 0 Å². The zero-order chi connectivity index (χ0) is 43.7. The predicted octanol–water partition coefficient (Wildman–Crippen LogP) is 17.6. The van der Waals surface area contributed by atoms with Crippen LogP contribution in [0.2, 0.25) is 0 Å². The lowest BCUT2D eigenvalue weighted by Crippen LogP contribution is -2.17. The van der Waals surface area contributed by atoms with E-state index in [1.807, 2.05) is 0 Å². The van der Waals surface area contributed by atoms with Gasteiger partial charge in [-0.15, -0.1) is 0 Å². The van der Waals surface area contributed by atoms with E-state index < -0.39 is 0 Å². The van der Waals surface area contributed by atoms with Crippen LogP contribution in [0.1, 0.15) is 30.9 Å². The summed E-state index contributed by atoms with van der Waals surface area (Å²) in [5, 5.41) is 0. The van der Waals surface area contributed by atoms with Crippen molar-refractivity contribution >= 4 is 17.1 Å². The van der Waals surface area contributed by atoms with Gasteiger partial charge in [-0.3, -0.25) is 0 Å². The maximum absolute atomic E-state index is 2.47. The van der Waals surface area contributed by atoms with Gasteiger partial charge in [0.25, 0.3) is 0 Å². The molecule has 9 aromatic carbocycles. The number of fused-ring (bicyclic) bond motifs is 3. The van der Waals surface area contributed by atoms with Gasteiger partial charge in [-0.25, -0.2) is 0 Å². The Balaban J connectivity index is 1.12. The monoisotopic (exact) mass is 831 g/mol. The molecule has 310 valence electrons. The Morgan fingerprint density at radius 1 is 0.338 bits per heavy atom. The topological polar surface area (TPSA) is 3.24 Å². The Hall–Kier alpha value is -8.00. The molecule has 1 heteroatoms. The summed E-state index contributed by atoms with van der Waals surface area (Å²) >= 11 is 0. The van der Waals surface area contributed by atoms with E-state index in [0.717, 1.165) is 17.1 Å². The molecule has 0 radical (unpaired) electrons. The number of hydrogen-bond donors (Lipinski definition) is 0. The summed E-state index contributed by atoms with van der Waals surface area (Å²) in [4.78, 5) is 2.47. The van der Waals surface area contributed by atoms with Crippen LogP contribution in [0, 0.1) is 0 Å². The summed E-state index contributed by atoms with van der Waals surface area (Å²) in [5.74, 6) is 0.253. The van der Waals surface area contributed by atoms with Gasteiger partial charge in [0.15, 0.2) is 0 Å². The average Bonchev–Trinajstić information content (AvgIpc) is 3.51. The molecule has 1 nitrogen and oxygen atoms in total. The fourth-order valence-corrected chi connectivity index (χ4v) is 10.1. The van der Waals surface area contributed by atoms with E-state index in [9.17, 15) is 0 Å². The molecule has 0 aromatic heterocycles. The molecular weight excluding hydrogens is 783 g/mol. The van der Waals surface area contributed by atoms with Crippen molar-refractivity contribution in [1.82, 2.24) is 0 Å². The van der Waals surface area contributed by atoms with E-state index in [2.05, 4.69) is 274 Å². The van der Waals surface area contributed by atoms with Crippen LogP contribution < -0.4 is 4.90 Å². The first-order valence-electron chi connectivity index (χ1n) is 22.7. The predicted molar refractivity (Wildman–Crippen MR) is 276 cm³/mol. The Morgan fingerprint density at radius 3 is 1.20 bits per heavy atom. The smallest absolute Gasteiger partial charge is 0.0468 e. The molecular formula is C64H49N. The van der Waals surface area contributed by atoms with Gasteiger partial charge in [0.2, 0.25) is 0 Å². The van der Waals surface area contributed by atoms with Crippen molar-refractivity contribution in [3.63, 3.8) is 0 Å². The molecule has 9 aromatic rings. The maximum Gasteiger partial charge on any atom is 0.0468 e. The molecule has 0 aliphatic heterocycles. The van der Waals surface area contributed by atoms with Crippen LogP contribution in [0.4, 0.5) is 17.1 Å². The highest BCUT2D eigenvalue weighted by Gasteiger charge is 2.41. The summed E-state index contributed by atoms with van der Waals surface area (Å²) in [7, 11) is 0. The highest BCUT2D eigenvalue weighted by Crippen LogP contribution is 2.53. The molecule has 2 aliphatic rings. The quantitative estimate of drug-likeness (QED) is 0.140. The van der Waals surface area contributed by atoms with Crippen molar-refractivity contribution in [2.75, 3.05) is 4.90 Å². The van der Waals surface area contributed by atoms with Crippen LogP contribution in [-0.4, -0.2) is 0 Å². The normalized spacial score (nSPS) is 14.6. The molecule has 1 unspecified atom stereocenters. The van der Waals surface area contributed by atoms with Crippen LogP contribution >= 0.6 is 0 Å². The molecule has 0 spiro atoms. The average molecular weight is 832 g/mol. The van der Waals surface area contributed by atoms with Gasteiger partial charge in [-0.05, 0) is 120 Å². The zero-order valence-electron chi connectivity index (χ0n) is 36.8. The molecule has 0 bridgehead atoms. The van der Waals surface area contributed by atoms with E-state index in [1.54, 1.807) is 0 Å². The first-order chi connectivity index (χ1) is 32.0. The van der Waals surface area contributed by atoms with Gasteiger partial charge < -0.3 is 4.90 Å². The molecule has 0 amide bonds. The molecule has 1 atom stereocenters. The number of nitrogens with zero attached hydrogens (tertiary/aromatic N) is 1. The molecule has 65 heavy (non-hydrogen) atoms. The minimum atomic E-state index is -0.146. The lowest BCUT2D eigenvalue weighted by molar-refractivity contribution is 0.635. The van der Waals surface area contributed by atoms with Crippen LogP contribution in [-0.2, 0) is 5.41 Å². The van der Waals surface area contributed by atoms with Gasteiger partial charge in [0, 0.05) is 28.4 Å². The van der Waals surface area contributed by atoms with Crippen molar-refractivity contribution in [2.24, 2.45) is 0 Å². The van der Waals surface area contributed by atoms with Gasteiger partial charge in [0.05, 0.1) is 0 Å². The first kappa shape index (κ1) is 39.8. The number of anilines is 3. The number of hydrogen-bond acceptors (Lipinski definition) is 1. The van der Waals surface area contributed by atoms with E-state index in [4.69, 9.17) is 0 Å². The molecule has 0 heterocycles. The fraction of sp³-hybridized carbons (Fsp3) is 0.0625. The fourth-order valence-electron chi connectivity index (χ4n) is 10.1. The van der Waals surface area contributed by atoms with E-state index >= 15 is 0 Å². The van der Waals surface area contributed by atoms with Gasteiger partial charge in [0.1, 0.15) is 0 Å². The van der Waals surface area contributed by atoms with Crippen LogP contribution in [0.15, 0.2) is 260 Å². The Bertz CT molecular complexity index is 3060. The second-order valence-corrected chi connectivity index (χ2v) is 17.7. The van der Waals surface area contributed by atoms with Crippen LogP contribution in [0.25, 0.3) is 66.8 Å². The zero-order valence-corrected chi connectivity index (χ0v) is 36.8. The molecule has 2 aliphatic carbocycles.